The van der Waals surface area contributed by atoms with Gasteiger partial charge in [0.15, 0.2) is 5.78 Å². The van der Waals surface area contributed by atoms with Gasteiger partial charge >= 0.3 is 29.6 Å². The van der Waals surface area contributed by atoms with Gasteiger partial charge in [0.2, 0.25) is 0 Å². The van der Waals surface area contributed by atoms with E-state index in [0.29, 0.717) is 22.2 Å². The molecule has 98 valence electrons. The van der Waals surface area contributed by atoms with Crippen LogP contribution in [-0.4, -0.2) is 20.0 Å². The summed E-state index contributed by atoms with van der Waals surface area (Å²) in [5.74, 6) is -0.0979. The third kappa shape index (κ3) is 5.32. The van der Waals surface area contributed by atoms with Gasteiger partial charge in [-0.15, -0.1) is 0 Å². The molecule has 19 heavy (non-hydrogen) atoms. The number of rotatable bonds is 5. The van der Waals surface area contributed by atoms with Crippen molar-refractivity contribution < 1.29 is 48.9 Å². The summed E-state index contributed by atoms with van der Waals surface area (Å²) in [6.07, 6.45) is 0.945. The van der Waals surface area contributed by atoms with E-state index in [1.54, 1.807) is 0 Å². The third-order valence-corrected chi connectivity index (χ3v) is 2.36. The maximum absolute atomic E-state index is 11.5. The van der Waals surface area contributed by atoms with Gasteiger partial charge in [-0.2, -0.15) is 0 Å². The topological polar surface area (TPSA) is 70.6 Å². The predicted molar refractivity (Wildman–Crippen MR) is 66.9 cm³/mol. The summed E-state index contributed by atoms with van der Waals surface area (Å²) in [6.45, 7) is 1.29. The van der Waals surface area contributed by atoms with Crippen molar-refractivity contribution in [3.05, 3.63) is 29.1 Å². The first-order valence-electron chi connectivity index (χ1n) is 5.05. The second-order valence-electron chi connectivity index (χ2n) is 3.43. The Hall–Kier alpha value is -0.880. The number of ether oxygens (including phenoxy) is 2. The molecule has 1 aromatic carbocycles. The normalized spacial score (nSPS) is 10.4. The molecule has 0 bridgehead atoms. The molecule has 1 rings (SSSR count). The van der Waals surface area contributed by atoms with E-state index in [2.05, 4.69) is 5.32 Å². The molecule has 1 N–H and O–H groups in total. The van der Waals surface area contributed by atoms with Crippen molar-refractivity contribution in [3.63, 3.8) is 0 Å². The largest absolute Gasteiger partial charge is 1.00 e. The van der Waals surface area contributed by atoms with Gasteiger partial charge in [-0.25, -0.2) is 0 Å². The van der Waals surface area contributed by atoms with E-state index in [1.165, 1.54) is 33.3 Å². The Labute approximate surface area is 138 Å². The summed E-state index contributed by atoms with van der Waals surface area (Å²) in [5.41, 5.74) is 0.376. The van der Waals surface area contributed by atoms with Gasteiger partial charge in [-0.3, -0.25) is 4.79 Å². The fourth-order valence-corrected chi connectivity index (χ4v) is 1.54. The van der Waals surface area contributed by atoms with Crippen LogP contribution in [0.5, 0.6) is 11.5 Å². The van der Waals surface area contributed by atoms with Crippen molar-refractivity contribution in [3.8, 4) is 11.5 Å². The second kappa shape index (κ2) is 8.32. The summed E-state index contributed by atoms with van der Waals surface area (Å²) >= 11 is 5.92. The monoisotopic (exact) mass is 293 g/mol. The van der Waals surface area contributed by atoms with Crippen LogP contribution in [0, 0.1) is 0 Å². The minimum Gasteiger partial charge on any atom is -0.860 e. The molecular formula is C12H13ClNNaO4. The van der Waals surface area contributed by atoms with Crippen LogP contribution in [0.3, 0.4) is 0 Å². The molecule has 0 saturated carbocycles. The van der Waals surface area contributed by atoms with Gasteiger partial charge in [0, 0.05) is 12.1 Å². The molecule has 5 nitrogen and oxygen atoms in total. The van der Waals surface area contributed by atoms with Crippen molar-refractivity contribution in [2.45, 2.75) is 6.92 Å². The van der Waals surface area contributed by atoms with E-state index in [-0.39, 0.29) is 35.3 Å². The van der Waals surface area contributed by atoms with Crippen molar-refractivity contribution in [2.75, 3.05) is 19.5 Å². The number of nitrogens with one attached hydrogen (secondary N) is 1. The van der Waals surface area contributed by atoms with Crippen molar-refractivity contribution >= 4 is 23.1 Å². The Bertz CT molecular complexity index is 491. The number of carbonyl (C=O) groups is 1. The van der Waals surface area contributed by atoms with Gasteiger partial charge in [-0.05, 0) is 18.9 Å². The number of hydrogen-bond donors (Lipinski definition) is 1. The van der Waals surface area contributed by atoms with Crippen LogP contribution >= 0.6 is 11.6 Å². The molecule has 0 fully saturated rings. The van der Waals surface area contributed by atoms with Crippen molar-refractivity contribution in [1.82, 2.24) is 0 Å². The first-order chi connectivity index (χ1) is 8.47. The maximum atomic E-state index is 11.5. The van der Waals surface area contributed by atoms with Gasteiger partial charge in [-0.1, -0.05) is 11.6 Å². The number of hydrogen-bond acceptors (Lipinski definition) is 5. The zero-order valence-electron chi connectivity index (χ0n) is 11.2. The maximum Gasteiger partial charge on any atom is 1.00 e. The summed E-state index contributed by atoms with van der Waals surface area (Å²) in [4.78, 5) is 10.8. The van der Waals surface area contributed by atoms with E-state index in [4.69, 9.17) is 21.1 Å². The molecule has 0 atom stereocenters. The predicted octanol–water partition coefficient (Wildman–Crippen LogP) is -1.44. The molecule has 1 aromatic rings. The molecular weight excluding hydrogens is 281 g/mol. The molecule has 0 heterocycles. The summed E-state index contributed by atoms with van der Waals surface area (Å²) in [5, 5.41) is 14.3. The van der Waals surface area contributed by atoms with Crippen molar-refractivity contribution in [2.24, 2.45) is 0 Å². The molecule has 0 unspecified atom stereocenters. The van der Waals surface area contributed by atoms with E-state index in [0.717, 1.165) is 6.08 Å². The number of carbonyl (C=O) groups excluding carboxylic acids is 1. The Balaban J connectivity index is 0.00000324. The summed E-state index contributed by atoms with van der Waals surface area (Å²) < 4.78 is 10.1. The minimum atomic E-state index is -0.537. The van der Waals surface area contributed by atoms with Crippen LogP contribution in [-0.2, 0) is 4.79 Å². The van der Waals surface area contributed by atoms with E-state index >= 15 is 0 Å². The average Bonchev–Trinajstić information content (AvgIpc) is 2.29. The standard InChI is InChI=1S/C12H14ClNO4.Na/c1-7(15)4-12(16)14-9-6-10(17-2)8(13)5-11(9)18-3;/h4-6,14,16H,1-3H3;/q;+1/p-1/b12-4-;. The number of methoxy groups -OCH3 is 2. The minimum absolute atomic E-state index is 0. The van der Waals surface area contributed by atoms with Gasteiger partial charge in [0.1, 0.15) is 11.5 Å². The first kappa shape index (κ1) is 18.1. The second-order valence-corrected chi connectivity index (χ2v) is 3.84. The van der Waals surface area contributed by atoms with Crippen molar-refractivity contribution in [1.29, 1.82) is 0 Å². The molecule has 0 spiro atoms. The number of ketones is 1. The molecule has 0 saturated heterocycles. The smallest absolute Gasteiger partial charge is 0.860 e. The number of benzene rings is 1. The van der Waals surface area contributed by atoms with Crippen LogP contribution in [0.15, 0.2) is 24.1 Å². The Morgan fingerprint density at radius 2 is 1.89 bits per heavy atom. The Kier molecular flexibility index (Phi) is 7.94. The molecule has 0 radical (unpaired) electrons. The third-order valence-electron chi connectivity index (χ3n) is 2.07. The Morgan fingerprint density at radius 1 is 1.32 bits per heavy atom. The molecule has 0 aliphatic heterocycles. The van der Waals surface area contributed by atoms with Crippen LogP contribution < -0.4 is 49.5 Å². The molecule has 0 amide bonds. The Morgan fingerprint density at radius 3 is 2.37 bits per heavy atom. The number of anilines is 1. The molecule has 0 aromatic heterocycles. The fourth-order valence-electron chi connectivity index (χ4n) is 1.31. The average molecular weight is 294 g/mol. The molecule has 7 heteroatoms. The van der Waals surface area contributed by atoms with Crippen LogP contribution in [0.4, 0.5) is 5.69 Å². The van der Waals surface area contributed by atoms with Gasteiger partial charge in [0.25, 0.3) is 0 Å². The zero-order chi connectivity index (χ0) is 13.7. The van der Waals surface area contributed by atoms with Crippen LogP contribution in [0.1, 0.15) is 6.92 Å². The van der Waals surface area contributed by atoms with E-state index in [9.17, 15) is 9.90 Å². The zero-order valence-corrected chi connectivity index (χ0v) is 14.0. The van der Waals surface area contributed by atoms with E-state index in [1.807, 2.05) is 0 Å². The quantitative estimate of drug-likeness (QED) is 0.409. The molecule has 0 aliphatic carbocycles. The fraction of sp³-hybridized carbons (Fsp3) is 0.250. The summed E-state index contributed by atoms with van der Waals surface area (Å²) in [6, 6.07) is 3.04. The molecule has 0 aliphatic rings. The van der Waals surface area contributed by atoms with Gasteiger partial charge in [0.05, 0.1) is 24.9 Å². The van der Waals surface area contributed by atoms with Crippen LogP contribution in [0.25, 0.3) is 0 Å². The first-order valence-corrected chi connectivity index (χ1v) is 5.43. The SMILES string of the molecule is COc1cc(N/C([O-])=C/C(C)=O)c(OC)cc1Cl.[Na+]. The van der Waals surface area contributed by atoms with Gasteiger partial charge < -0.3 is 19.9 Å². The van der Waals surface area contributed by atoms with Crippen LogP contribution in [0.2, 0.25) is 5.02 Å². The summed E-state index contributed by atoms with van der Waals surface area (Å²) in [7, 11) is 2.91. The number of allylic oxidation sites excluding steroid dienone is 1. The number of halogens is 1. The van der Waals surface area contributed by atoms with E-state index < -0.39 is 5.88 Å².